The SMILES string of the molecule is Cc1cccc(Nc2ncnc(NCc3cccnc3)c2[N+](=O)[O-])c1. The Balaban J connectivity index is 1.87. The Hall–Kier alpha value is -3.55. The second-order valence-corrected chi connectivity index (χ2v) is 5.39. The van der Waals surface area contributed by atoms with E-state index in [2.05, 4.69) is 25.6 Å². The summed E-state index contributed by atoms with van der Waals surface area (Å²) in [4.78, 5) is 23.1. The summed E-state index contributed by atoms with van der Waals surface area (Å²) in [5.41, 5.74) is 2.45. The molecule has 0 aliphatic carbocycles. The Morgan fingerprint density at radius 2 is 2.00 bits per heavy atom. The summed E-state index contributed by atoms with van der Waals surface area (Å²) in [6, 6.07) is 11.2. The Kier molecular flexibility index (Phi) is 4.79. The van der Waals surface area contributed by atoms with E-state index >= 15 is 0 Å². The van der Waals surface area contributed by atoms with Gasteiger partial charge in [0.05, 0.1) is 4.92 Å². The first-order valence-electron chi connectivity index (χ1n) is 7.59. The zero-order valence-corrected chi connectivity index (χ0v) is 13.5. The third-order valence-corrected chi connectivity index (χ3v) is 3.47. The lowest BCUT2D eigenvalue weighted by Crippen LogP contribution is -2.08. The normalized spacial score (nSPS) is 10.3. The molecule has 8 nitrogen and oxygen atoms in total. The minimum atomic E-state index is -0.496. The average Bonchev–Trinajstić information content (AvgIpc) is 2.61. The molecule has 25 heavy (non-hydrogen) atoms. The fourth-order valence-electron chi connectivity index (χ4n) is 2.32. The molecule has 2 N–H and O–H groups in total. The second kappa shape index (κ2) is 7.35. The molecule has 2 heterocycles. The molecular formula is C17H16N6O2. The van der Waals surface area contributed by atoms with Crippen molar-refractivity contribution in [3.8, 4) is 0 Å². The lowest BCUT2D eigenvalue weighted by atomic mass is 10.2. The molecule has 8 heteroatoms. The quantitative estimate of drug-likeness (QED) is 0.524. The van der Waals surface area contributed by atoms with Crippen LogP contribution in [0.2, 0.25) is 0 Å². The van der Waals surface area contributed by atoms with Gasteiger partial charge in [0.15, 0.2) is 0 Å². The highest BCUT2D eigenvalue weighted by atomic mass is 16.6. The molecule has 0 fully saturated rings. The van der Waals surface area contributed by atoms with Crippen LogP contribution < -0.4 is 10.6 Å². The molecule has 0 spiro atoms. The van der Waals surface area contributed by atoms with Crippen LogP contribution in [0.15, 0.2) is 55.1 Å². The van der Waals surface area contributed by atoms with Crippen molar-refractivity contribution in [3.63, 3.8) is 0 Å². The van der Waals surface area contributed by atoms with E-state index in [0.717, 1.165) is 16.8 Å². The fourth-order valence-corrected chi connectivity index (χ4v) is 2.32. The lowest BCUT2D eigenvalue weighted by Gasteiger charge is -2.10. The van der Waals surface area contributed by atoms with Crippen LogP contribution >= 0.6 is 0 Å². The molecule has 0 aliphatic rings. The maximum Gasteiger partial charge on any atom is 0.353 e. The van der Waals surface area contributed by atoms with Crippen LogP contribution in [0.5, 0.6) is 0 Å². The Morgan fingerprint density at radius 3 is 2.72 bits per heavy atom. The zero-order valence-electron chi connectivity index (χ0n) is 13.5. The number of hydrogen-bond acceptors (Lipinski definition) is 7. The number of nitrogens with one attached hydrogen (secondary N) is 2. The number of aromatic nitrogens is 3. The molecule has 0 saturated heterocycles. The number of pyridine rings is 1. The average molecular weight is 336 g/mol. The molecule has 1 aromatic carbocycles. The van der Waals surface area contributed by atoms with E-state index in [1.807, 2.05) is 37.3 Å². The fraction of sp³-hybridized carbons (Fsp3) is 0.118. The molecule has 0 amide bonds. The van der Waals surface area contributed by atoms with Crippen molar-refractivity contribution in [2.75, 3.05) is 10.6 Å². The molecule has 0 bridgehead atoms. The third kappa shape index (κ3) is 4.05. The van der Waals surface area contributed by atoms with E-state index < -0.39 is 4.92 Å². The van der Waals surface area contributed by atoms with E-state index in [-0.39, 0.29) is 17.3 Å². The maximum atomic E-state index is 11.5. The molecule has 2 aromatic heterocycles. The molecule has 0 atom stereocenters. The van der Waals surface area contributed by atoms with Gasteiger partial charge in [0.1, 0.15) is 6.33 Å². The van der Waals surface area contributed by atoms with Gasteiger partial charge in [0.25, 0.3) is 0 Å². The summed E-state index contributed by atoms with van der Waals surface area (Å²) in [7, 11) is 0. The smallest absolute Gasteiger partial charge is 0.353 e. The highest BCUT2D eigenvalue weighted by Crippen LogP contribution is 2.31. The number of benzene rings is 1. The molecule has 0 radical (unpaired) electrons. The number of nitro groups is 1. The number of rotatable bonds is 6. The summed E-state index contributed by atoms with van der Waals surface area (Å²) < 4.78 is 0. The lowest BCUT2D eigenvalue weighted by molar-refractivity contribution is -0.383. The Morgan fingerprint density at radius 1 is 1.16 bits per heavy atom. The van der Waals surface area contributed by atoms with Crippen LogP contribution in [-0.2, 0) is 6.54 Å². The van der Waals surface area contributed by atoms with Crippen LogP contribution in [0.1, 0.15) is 11.1 Å². The maximum absolute atomic E-state index is 11.5. The van der Waals surface area contributed by atoms with Crippen molar-refractivity contribution in [2.24, 2.45) is 0 Å². The van der Waals surface area contributed by atoms with Crippen molar-refractivity contribution in [1.82, 2.24) is 15.0 Å². The highest BCUT2D eigenvalue weighted by molar-refractivity contribution is 5.73. The van der Waals surface area contributed by atoms with Crippen LogP contribution in [0.3, 0.4) is 0 Å². The van der Waals surface area contributed by atoms with E-state index in [0.29, 0.717) is 6.54 Å². The van der Waals surface area contributed by atoms with Gasteiger partial charge in [0, 0.05) is 24.6 Å². The first-order chi connectivity index (χ1) is 12.1. The van der Waals surface area contributed by atoms with Crippen molar-refractivity contribution >= 4 is 23.0 Å². The van der Waals surface area contributed by atoms with Crippen LogP contribution in [-0.4, -0.2) is 19.9 Å². The van der Waals surface area contributed by atoms with Gasteiger partial charge in [0.2, 0.25) is 11.6 Å². The van der Waals surface area contributed by atoms with E-state index in [9.17, 15) is 10.1 Å². The summed E-state index contributed by atoms with van der Waals surface area (Å²) in [5.74, 6) is 0.290. The molecule has 3 rings (SSSR count). The minimum Gasteiger partial charge on any atom is -0.360 e. The van der Waals surface area contributed by atoms with Crippen molar-refractivity contribution in [3.05, 3.63) is 76.4 Å². The first kappa shape index (κ1) is 16.3. The predicted octanol–water partition coefficient (Wildman–Crippen LogP) is 3.44. The van der Waals surface area contributed by atoms with Gasteiger partial charge in [-0.05, 0) is 36.2 Å². The summed E-state index contributed by atoms with van der Waals surface area (Å²) in [6.07, 6.45) is 4.64. The molecule has 126 valence electrons. The van der Waals surface area contributed by atoms with Gasteiger partial charge < -0.3 is 10.6 Å². The standard InChI is InChI=1S/C17H16N6O2/c1-12-4-2-6-14(8-12)22-17-15(23(24)25)16(20-11-21-17)19-10-13-5-3-7-18-9-13/h2-9,11H,10H2,1H3,(H2,19,20,21,22). The van der Waals surface area contributed by atoms with Gasteiger partial charge in [-0.15, -0.1) is 0 Å². The van der Waals surface area contributed by atoms with Gasteiger partial charge in [-0.3, -0.25) is 15.1 Å². The molecule has 0 aliphatic heterocycles. The monoisotopic (exact) mass is 336 g/mol. The second-order valence-electron chi connectivity index (χ2n) is 5.39. The predicted molar refractivity (Wildman–Crippen MR) is 94.7 cm³/mol. The molecular weight excluding hydrogens is 320 g/mol. The van der Waals surface area contributed by atoms with Gasteiger partial charge in [-0.1, -0.05) is 18.2 Å². The first-order valence-corrected chi connectivity index (χ1v) is 7.59. The topological polar surface area (TPSA) is 106 Å². The number of anilines is 3. The van der Waals surface area contributed by atoms with Gasteiger partial charge in [-0.25, -0.2) is 9.97 Å². The van der Waals surface area contributed by atoms with Crippen LogP contribution in [0.4, 0.5) is 23.0 Å². The summed E-state index contributed by atoms with van der Waals surface area (Å²) >= 11 is 0. The number of hydrogen-bond donors (Lipinski definition) is 2. The largest absolute Gasteiger partial charge is 0.360 e. The Labute approximate surface area is 144 Å². The van der Waals surface area contributed by atoms with Gasteiger partial charge >= 0.3 is 5.69 Å². The zero-order chi connectivity index (χ0) is 17.6. The van der Waals surface area contributed by atoms with Gasteiger partial charge in [-0.2, -0.15) is 0 Å². The molecule has 0 saturated carbocycles. The molecule has 0 unspecified atom stereocenters. The molecule has 3 aromatic rings. The third-order valence-electron chi connectivity index (χ3n) is 3.47. The van der Waals surface area contributed by atoms with E-state index in [4.69, 9.17) is 0 Å². The van der Waals surface area contributed by atoms with E-state index in [1.54, 1.807) is 18.5 Å². The van der Waals surface area contributed by atoms with Crippen molar-refractivity contribution in [1.29, 1.82) is 0 Å². The number of nitrogens with zero attached hydrogens (tertiary/aromatic N) is 4. The summed E-state index contributed by atoms with van der Waals surface area (Å²) in [6.45, 7) is 2.32. The number of aryl methyl sites for hydroxylation is 1. The van der Waals surface area contributed by atoms with Crippen molar-refractivity contribution in [2.45, 2.75) is 13.5 Å². The van der Waals surface area contributed by atoms with Crippen molar-refractivity contribution < 1.29 is 4.92 Å². The summed E-state index contributed by atoms with van der Waals surface area (Å²) in [5, 5.41) is 17.5. The minimum absolute atomic E-state index is 0.138. The Bertz CT molecular complexity index is 885. The van der Waals surface area contributed by atoms with Crippen LogP contribution in [0.25, 0.3) is 0 Å². The van der Waals surface area contributed by atoms with Crippen LogP contribution in [0, 0.1) is 17.0 Å². The van der Waals surface area contributed by atoms with E-state index in [1.165, 1.54) is 6.33 Å². The highest BCUT2D eigenvalue weighted by Gasteiger charge is 2.23.